The van der Waals surface area contributed by atoms with E-state index >= 15 is 0 Å². The fourth-order valence-corrected chi connectivity index (χ4v) is 4.16. The average molecular weight is 458 g/mol. The highest BCUT2D eigenvalue weighted by Crippen LogP contribution is 2.36. The van der Waals surface area contributed by atoms with Crippen LogP contribution in [0.25, 0.3) is 10.9 Å². The van der Waals surface area contributed by atoms with Crippen LogP contribution in [-0.2, 0) is 11.0 Å². The molecule has 4 N–H and O–H groups in total. The number of carbonyl (C=O) groups is 1. The third-order valence-corrected chi connectivity index (χ3v) is 5.65. The van der Waals surface area contributed by atoms with E-state index in [0.29, 0.717) is 17.9 Å². The van der Waals surface area contributed by atoms with E-state index < -0.39 is 11.7 Å². The van der Waals surface area contributed by atoms with E-state index in [1.54, 1.807) is 0 Å². The number of nitrogen functional groups attached to an aromatic ring is 1. The number of piperidine rings is 1. The molecule has 0 spiro atoms. The van der Waals surface area contributed by atoms with Crippen LogP contribution in [0.4, 0.5) is 36.3 Å². The molecule has 1 aliphatic rings. The van der Waals surface area contributed by atoms with Gasteiger partial charge in [0.1, 0.15) is 5.82 Å². The number of nitrogens with zero attached hydrogens (tertiary/aromatic N) is 3. The molecule has 1 atom stereocenters. The number of nitrogens with two attached hydrogens (primary N) is 1. The van der Waals surface area contributed by atoms with E-state index in [0.717, 1.165) is 36.4 Å². The number of anilines is 4. The van der Waals surface area contributed by atoms with Crippen LogP contribution in [0.15, 0.2) is 36.4 Å². The Labute approximate surface area is 189 Å². The van der Waals surface area contributed by atoms with Gasteiger partial charge >= 0.3 is 6.18 Å². The zero-order valence-electron chi connectivity index (χ0n) is 18.3. The van der Waals surface area contributed by atoms with Crippen molar-refractivity contribution >= 4 is 40.0 Å². The largest absolute Gasteiger partial charge is 0.418 e. The molecule has 1 amide bonds. The number of carbonyl (C=O) groups excluding carboxylic acids is 1. The van der Waals surface area contributed by atoms with Crippen LogP contribution >= 0.6 is 0 Å². The van der Waals surface area contributed by atoms with E-state index in [-0.39, 0.29) is 29.3 Å². The van der Waals surface area contributed by atoms with Gasteiger partial charge in [0, 0.05) is 42.8 Å². The minimum atomic E-state index is -4.57. The van der Waals surface area contributed by atoms with Gasteiger partial charge in [-0.25, -0.2) is 4.98 Å². The highest BCUT2D eigenvalue weighted by atomic mass is 19.4. The van der Waals surface area contributed by atoms with Crippen LogP contribution in [0.2, 0.25) is 0 Å². The minimum absolute atomic E-state index is 0.00562. The topological polar surface area (TPSA) is 96.2 Å². The molecule has 1 aromatic heterocycles. The molecular weight excluding hydrogens is 433 g/mol. The number of benzene rings is 2. The molecule has 0 bridgehead atoms. The van der Waals surface area contributed by atoms with E-state index in [4.69, 9.17) is 5.73 Å². The van der Waals surface area contributed by atoms with E-state index in [1.165, 1.54) is 19.1 Å². The second-order valence-corrected chi connectivity index (χ2v) is 8.25. The van der Waals surface area contributed by atoms with Crippen LogP contribution in [0, 0.1) is 6.92 Å². The Hall–Kier alpha value is -3.56. The number of nitrogens with one attached hydrogen (secondary N) is 2. The summed E-state index contributed by atoms with van der Waals surface area (Å²) in [7, 11) is 0. The summed E-state index contributed by atoms with van der Waals surface area (Å²) in [5.74, 6) is 0.774. The Morgan fingerprint density at radius 1 is 1.21 bits per heavy atom. The molecule has 0 radical (unpaired) electrons. The van der Waals surface area contributed by atoms with Crippen molar-refractivity contribution in [1.82, 2.24) is 15.3 Å². The molecule has 1 fully saturated rings. The van der Waals surface area contributed by atoms with Gasteiger partial charge in [-0.15, -0.1) is 0 Å². The van der Waals surface area contributed by atoms with E-state index in [1.807, 2.05) is 25.1 Å². The number of amides is 1. The van der Waals surface area contributed by atoms with Gasteiger partial charge in [0.05, 0.1) is 11.1 Å². The highest BCUT2D eigenvalue weighted by Gasteiger charge is 2.33. The van der Waals surface area contributed by atoms with Gasteiger partial charge in [-0.3, -0.25) is 4.79 Å². The van der Waals surface area contributed by atoms with Crippen molar-refractivity contribution in [1.29, 1.82) is 0 Å². The number of halogens is 3. The highest BCUT2D eigenvalue weighted by molar-refractivity contribution is 5.93. The Morgan fingerprint density at radius 2 is 2.00 bits per heavy atom. The molecule has 10 heteroatoms. The van der Waals surface area contributed by atoms with Crippen LogP contribution in [0.3, 0.4) is 0 Å². The first kappa shape index (κ1) is 22.6. The van der Waals surface area contributed by atoms with Gasteiger partial charge in [-0.05, 0) is 49.6 Å². The average Bonchev–Trinajstić information content (AvgIpc) is 2.74. The number of hydrogen-bond acceptors (Lipinski definition) is 6. The molecule has 4 rings (SSSR count). The number of alkyl halides is 3. The number of aryl methyl sites for hydroxylation is 1. The van der Waals surface area contributed by atoms with Crippen LogP contribution in [0.1, 0.15) is 30.9 Å². The van der Waals surface area contributed by atoms with E-state index in [9.17, 15) is 18.0 Å². The summed E-state index contributed by atoms with van der Waals surface area (Å²) in [6.07, 6.45) is -2.83. The predicted octanol–water partition coefficient (Wildman–Crippen LogP) is 4.39. The fraction of sp³-hybridized carbons (Fsp3) is 0.348. The molecule has 174 valence electrons. The van der Waals surface area contributed by atoms with Crippen molar-refractivity contribution in [3.05, 3.63) is 47.5 Å². The number of hydrogen-bond donors (Lipinski definition) is 3. The van der Waals surface area contributed by atoms with Crippen molar-refractivity contribution < 1.29 is 18.0 Å². The predicted molar refractivity (Wildman–Crippen MR) is 122 cm³/mol. The number of fused-ring (bicyclic) bond motifs is 1. The Kier molecular flexibility index (Phi) is 6.01. The van der Waals surface area contributed by atoms with Crippen molar-refractivity contribution in [3.8, 4) is 0 Å². The van der Waals surface area contributed by atoms with Crippen molar-refractivity contribution in [3.63, 3.8) is 0 Å². The normalized spacial score (nSPS) is 16.6. The van der Waals surface area contributed by atoms with Crippen LogP contribution < -0.4 is 21.3 Å². The Balaban J connectivity index is 1.74. The molecule has 1 aliphatic heterocycles. The summed E-state index contributed by atoms with van der Waals surface area (Å²) >= 11 is 0. The fourth-order valence-electron chi connectivity index (χ4n) is 4.16. The Morgan fingerprint density at radius 3 is 2.73 bits per heavy atom. The second-order valence-electron chi connectivity index (χ2n) is 8.25. The second kappa shape index (κ2) is 8.76. The van der Waals surface area contributed by atoms with Gasteiger partial charge in [0.2, 0.25) is 11.9 Å². The maximum absolute atomic E-state index is 13.3. The molecule has 33 heavy (non-hydrogen) atoms. The molecule has 0 aliphatic carbocycles. The van der Waals surface area contributed by atoms with Gasteiger partial charge in [0.15, 0.2) is 0 Å². The first-order chi connectivity index (χ1) is 15.6. The minimum Gasteiger partial charge on any atom is -0.398 e. The molecule has 1 unspecified atom stereocenters. The number of rotatable bonds is 4. The van der Waals surface area contributed by atoms with Crippen LogP contribution in [0.5, 0.6) is 0 Å². The summed E-state index contributed by atoms with van der Waals surface area (Å²) in [6.45, 7) is 4.74. The lowest BCUT2D eigenvalue weighted by Crippen LogP contribution is -2.47. The molecule has 2 aromatic carbocycles. The quantitative estimate of drug-likeness (QED) is 0.502. The first-order valence-corrected chi connectivity index (χ1v) is 10.6. The zero-order valence-corrected chi connectivity index (χ0v) is 18.3. The summed E-state index contributed by atoms with van der Waals surface area (Å²) in [6, 6.07) is 9.38. The third kappa shape index (κ3) is 4.94. The molecule has 2 heterocycles. The smallest absolute Gasteiger partial charge is 0.398 e. The summed E-state index contributed by atoms with van der Waals surface area (Å²) in [5.41, 5.74) is 6.06. The number of para-hydroxylation sites is 1. The maximum atomic E-state index is 13.3. The summed E-state index contributed by atoms with van der Waals surface area (Å²) < 4.78 is 39.9. The standard InChI is InChI=1S/C23H25F3N6O/c1-13-5-3-7-17-20(13)30-22(29-15-8-9-19(27)18(11-15)23(24,25)26)31-21(17)32-10-4-6-16(12-32)28-14(2)33/h3,5,7-9,11,16H,4,6,10,12,27H2,1-2H3,(H,28,33)(H,29,30,31). The SMILES string of the molecule is CC(=O)NC1CCCN(c2nc(Nc3ccc(N)c(C(F)(F)F)c3)nc3c(C)cccc23)C1. The summed E-state index contributed by atoms with van der Waals surface area (Å²) in [4.78, 5) is 22.9. The molecule has 0 saturated carbocycles. The van der Waals surface area contributed by atoms with Gasteiger partial charge in [-0.2, -0.15) is 18.2 Å². The molecule has 7 nitrogen and oxygen atoms in total. The van der Waals surface area contributed by atoms with Gasteiger partial charge in [0.25, 0.3) is 0 Å². The van der Waals surface area contributed by atoms with Crippen molar-refractivity contribution in [2.24, 2.45) is 0 Å². The molecule has 1 saturated heterocycles. The van der Waals surface area contributed by atoms with Gasteiger partial charge < -0.3 is 21.3 Å². The van der Waals surface area contributed by atoms with E-state index in [2.05, 4.69) is 25.5 Å². The lowest BCUT2D eigenvalue weighted by molar-refractivity contribution is -0.136. The lowest BCUT2D eigenvalue weighted by Gasteiger charge is -2.34. The van der Waals surface area contributed by atoms with Crippen molar-refractivity contribution in [2.75, 3.05) is 29.0 Å². The van der Waals surface area contributed by atoms with Crippen LogP contribution in [-0.4, -0.2) is 35.0 Å². The Bertz CT molecular complexity index is 1200. The first-order valence-electron chi connectivity index (χ1n) is 10.6. The molecular formula is C23H25F3N6O. The molecule has 3 aromatic rings. The zero-order chi connectivity index (χ0) is 23.8. The third-order valence-electron chi connectivity index (χ3n) is 5.65. The summed E-state index contributed by atoms with van der Waals surface area (Å²) in [5, 5.41) is 6.72. The monoisotopic (exact) mass is 458 g/mol. The van der Waals surface area contributed by atoms with Gasteiger partial charge in [-0.1, -0.05) is 12.1 Å². The number of aromatic nitrogens is 2. The lowest BCUT2D eigenvalue weighted by atomic mass is 10.0. The van der Waals surface area contributed by atoms with Crippen molar-refractivity contribution in [2.45, 2.75) is 38.9 Å². The maximum Gasteiger partial charge on any atom is 0.418 e.